The van der Waals surface area contributed by atoms with Gasteiger partial charge in [0.2, 0.25) is 5.69 Å². The van der Waals surface area contributed by atoms with Gasteiger partial charge in [-0.3, -0.25) is 4.79 Å². The molecule has 30 heavy (non-hydrogen) atoms. The number of nitrogens with zero attached hydrogens (tertiary/aromatic N) is 1. The Morgan fingerprint density at radius 3 is 1.83 bits per heavy atom. The van der Waals surface area contributed by atoms with E-state index in [-0.39, 0.29) is 0 Å². The first-order valence-electron chi connectivity index (χ1n) is 12.0. The second-order valence-corrected chi connectivity index (χ2v) is 8.46. The normalized spacial score (nSPS) is 11.0. The van der Waals surface area contributed by atoms with Crippen molar-refractivity contribution in [1.29, 1.82) is 0 Å². The molecule has 164 valence electrons. The lowest BCUT2D eigenvalue weighted by Gasteiger charge is -2.06. The Bertz CT molecular complexity index is 727. The summed E-state index contributed by atoms with van der Waals surface area (Å²) in [5.74, 6) is -0.662. The third-order valence-electron chi connectivity index (χ3n) is 5.98. The number of aryl methyl sites for hydroxylation is 1. The van der Waals surface area contributed by atoms with Crippen molar-refractivity contribution < 1.29 is 14.5 Å². The smallest absolute Gasteiger partial charge is 0.303 e. The van der Waals surface area contributed by atoms with Gasteiger partial charge in [0, 0.05) is 37.1 Å². The van der Waals surface area contributed by atoms with Gasteiger partial charge in [-0.25, -0.2) is 0 Å². The van der Waals surface area contributed by atoms with Gasteiger partial charge in [-0.15, -0.1) is 0 Å². The number of carboxylic acid groups (broad SMARTS) is 1. The number of carboxylic acids is 1. The number of hydrogen-bond donors (Lipinski definition) is 1. The fourth-order valence-corrected chi connectivity index (χ4v) is 4.12. The Hall–Kier alpha value is -2.16. The average Bonchev–Trinajstić information content (AvgIpc) is 2.75. The minimum absolute atomic E-state index is 0.330. The zero-order valence-electron chi connectivity index (χ0n) is 18.8. The molecule has 2 aromatic rings. The lowest BCUT2D eigenvalue weighted by atomic mass is 10.0. The molecule has 0 aliphatic carbocycles. The number of para-hydroxylation sites is 1. The molecule has 0 aliphatic heterocycles. The third kappa shape index (κ3) is 9.56. The maximum absolute atomic E-state index is 10.5. The van der Waals surface area contributed by atoms with E-state index in [4.69, 9.17) is 5.11 Å². The predicted octanol–water partition coefficient (Wildman–Crippen LogP) is 6.97. The minimum atomic E-state index is -0.662. The van der Waals surface area contributed by atoms with Crippen molar-refractivity contribution in [3.63, 3.8) is 0 Å². The molecule has 1 aromatic carbocycles. The van der Waals surface area contributed by atoms with Gasteiger partial charge in [-0.1, -0.05) is 82.4 Å². The number of benzene rings is 1. The highest BCUT2D eigenvalue weighted by molar-refractivity contribution is 5.66. The van der Waals surface area contributed by atoms with Crippen molar-refractivity contribution >= 4 is 5.97 Å². The number of aromatic nitrogens is 1. The van der Waals surface area contributed by atoms with Crippen LogP contribution in [0.2, 0.25) is 0 Å². The van der Waals surface area contributed by atoms with E-state index in [1.165, 1.54) is 87.6 Å². The molecule has 3 heteroatoms. The van der Waals surface area contributed by atoms with Gasteiger partial charge in [0.25, 0.3) is 0 Å². The van der Waals surface area contributed by atoms with Gasteiger partial charge in [-0.2, -0.15) is 4.57 Å². The van der Waals surface area contributed by atoms with E-state index in [0.717, 1.165) is 12.8 Å². The van der Waals surface area contributed by atoms with Crippen LogP contribution in [0, 0.1) is 6.92 Å². The van der Waals surface area contributed by atoms with Crippen molar-refractivity contribution in [2.45, 2.75) is 96.8 Å². The van der Waals surface area contributed by atoms with Gasteiger partial charge in [0.15, 0.2) is 11.9 Å². The molecule has 0 saturated heterocycles. The van der Waals surface area contributed by atoms with Gasteiger partial charge in [0.05, 0.1) is 0 Å². The molecule has 0 atom stereocenters. The third-order valence-corrected chi connectivity index (χ3v) is 5.98. The van der Waals surface area contributed by atoms with Crippen LogP contribution >= 0.6 is 0 Å². The molecule has 0 amide bonds. The summed E-state index contributed by atoms with van der Waals surface area (Å²) in [6.45, 7) is 2.23. The van der Waals surface area contributed by atoms with Gasteiger partial charge >= 0.3 is 5.97 Å². The molecular weight excluding hydrogens is 370 g/mol. The summed E-state index contributed by atoms with van der Waals surface area (Å²) in [5.41, 5.74) is 4.05. The Labute approximate surface area is 183 Å². The fourth-order valence-electron chi connectivity index (χ4n) is 4.12. The van der Waals surface area contributed by atoms with E-state index in [1.807, 2.05) is 0 Å². The number of hydrogen-bond acceptors (Lipinski definition) is 1. The summed E-state index contributed by atoms with van der Waals surface area (Å²) in [7, 11) is 0. The molecule has 0 unspecified atom stereocenters. The van der Waals surface area contributed by atoms with Crippen molar-refractivity contribution in [3.8, 4) is 5.69 Å². The highest BCUT2D eigenvalue weighted by atomic mass is 16.4. The Morgan fingerprint density at radius 2 is 1.27 bits per heavy atom. The first kappa shape index (κ1) is 24.1. The van der Waals surface area contributed by atoms with E-state index in [2.05, 4.69) is 60.2 Å². The minimum Gasteiger partial charge on any atom is -0.481 e. The molecule has 1 aromatic heterocycles. The maximum atomic E-state index is 10.5. The Kier molecular flexibility index (Phi) is 11.9. The van der Waals surface area contributed by atoms with E-state index >= 15 is 0 Å². The topological polar surface area (TPSA) is 41.2 Å². The lowest BCUT2D eigenvalue weighted by molar-refractivity contribution is -0.603. The monoisotopic (exact) mass is 410 g/mol. The molecule has 2 rings (SSSR count). The number of unbranched alkanes of at least 4 members (excludes halogenated alkanes) is 11. The molecule has 0 saturated carbocycles. The largest absolute Gasteiger partial charge is 0.481 e. The van der Waals surface area contributed by atoms with Crippen molar-refractivity contribution in [2.24, 2.45) is 0 Å². The first-order chi connectivity index (χ1) is 14.7. The molecule has 0 radical (unpaired) electrons. The van der Waals surface area contributed by atoms with Crippen LogP contribution in [0.5, 0.6) is 0 Å². The average molecular weight is 411 g/mol. The SMILES string of the molecule is Cc1c(CCCCCCCCCCCCCCC(=O)O)ccc[n+]1-c1ccccc1. The summed E-state index contributed by atoms with van der Waals surface area (Å²) < 4.78 is 2.29. The molecule has 1 heterocycles. The highest BCUT2D eigenvalue weighted by Crippen LogP contribution is 2.15. The molecule has 0 spiro atoms. The highest BCUT2D eigenvalue weighted by Gasteiger charge is 2.13. The maximum Gasteiger partial charge on any atom is 0.303 e. The van der Waals surface area contributed by atoms with Crippen LogP contribution in [0.3, 0.4) is 0 Å². The van der Waals surface area contributed by atoms with Crippen molar-refractivity contribution in [1.82, 2.24) is 0 Å². The molecule has 0 bridgehead atoms. The first-order valence-corrected chi connectivity index (χ1v) is 12.0. The van der Waals surface area contributed by atoms with Crippen LogP contribution in [0.15, 0.2) is 48.7 Å². The van der Waals surface area contributed by atoms with Gasteiger partial charge in [-0.05, 0) is 25.3 Å². The molecular formula is C27H40NO2+. The molecule has 0 aliphatic rings. The van der Waals surface area contributed by atoms with Gasteiger partial charge in [0.1, 0.15) is 0 Å². The Morgan fingerprint density at radius 1 is 0.733 bits per heavy atom. The van der Waals surface area contributed by atoms with Crippen LogP contribution in [-0.4, -0.2) is 11.1 Å². The number of carbonyl (C=O) groups is 1. The van der Waals surface area contributed by atoms with Crippen LogP contribution in [0.4, 0.5) is 0 Å². The molecule has 0 fully saturated rings. The van der Waals surface area contributed by atoms with Crippen LogP contribution in [0.1, 0.15) is 94.7 Å². The fraction of sp³-hybridized carbons (Fsp3) is 0.556. The van der Waals surface area contributed by atoms with Gasteiger partial charge < -0.3 is 5.11 Å². The zero-order valence-corrected chi connectivity index (χ0v) is 18.8. The van der Waals surface area contributed by atoms with Crippen LogP contribution in [0.25, 0.3) is 5.69 Å². The number of rotatable bonds is 16. The zero-order chi connectivity index (χ0) is 21.4. The van der Waals surface area contributed by atoms with E-state index < -0.39 is 5.97 Å². The molecule has 1 N–H and O–H groups in total. The molecule has 3 nitrogen and oxygen atoms in total. The summed E-state index contributed by atoms with van der Waals surface area (Å²) in [6, 6.07) is 15.0. The summed E-state index contributed by atoms with van der Waals surface area (Å²) >= 11 is 0. The standard InChI is InChI=1S/C27H39NO2/c1-24-25(19-17-23-28(24)26-20-14-12-15-21-26)18-13-10-8-6-4-2-3-5-7-9-11-16-22-27(29)30/h12,14-15,17,19-21,23H,2-11,13,16,18,22H2,1H3/p+1. The summed E-state index contributed by atoms with van der Waals surface area (Å²) in [4.78, 5) is 10.5. The lowest BCUT2D eigenvalue weighted by Crippen LogP contribution is -2.34. The number of aliphatic carboxylic acids is 1. The van der Waals surface area contributed by atoms with Crippen molar-refractivity contribution in [2.75, 3.05) is 0 Å². The van der Waals surface area contributed by atoms with E-state index in [9.17, 15) is 4.79 Å². The van der Waals surface area contributed by atoms with Crippen molar-refractivity contribution in [3.05, 3.63) is 59.9 Å². The quantitative estimate of drug-likeness (QED) is 0.240. The Balaban J connectivity index is 1.49. The predicted molar refractivity (Wildman–Crippen MR) is 124 cm³/mol. The second kappa shape index (κ2) is 14.8. The van der Waals surface area contributed by atoms with Crippen LogP contribution in [-0.2, 0) is 11.2 Å². The van der Waals surface area contributed by atoms with Crippen LogP contribution < -0.4 is 4.57 Å². The number of pyridine rings is 1. The summed E-state index contributed by atoms with van der Waals surface area (Å²) in [6.07, 6.45) is 18.7. The summed E-state index contributed by atoms with van der Waals surface area (Å²) in [5, 5.41) is 8.61. The second-order valence-electron chi connectivity index (χ2n) is 8.46. The van der Waals surface area contributed by atoms with E-state index in [0.29, 0.717) is 6.42 Å². The van der Waals surface area contributed by atoms with E-state index in [1.54, 1.807) is 0 Å².